The van der Waals surface area contributed by atoms with Gasteiger partial charge >= 0.3 is 0 Å². The molecule has 2 aliphatic rings. The average Bonchev–Trinajstić information content (AvgIpc) is 3.28. The van der Waals surface area contributed by atoms with Crippen LogP contribution in [0.15, 0.2) is 53.5 Å². The lowest BCUT2D eigenvalue weighted by molar-refractivity contribution is 0.0953. The molecule has 2 aromatic rings. The third kappa shape index (κ3) is 6.02. The van der Waals surface area contributed by atoms with Crippen LogP contribution in [0.5, 0.6) is 0 Å². The van der Waals surface area contributed by atoms with Crippen LogP contribution >= 0.6 is 23.4 Å². The third-order valence-electron chi connectivity index (χ3n) is 5.68. The molecule has 176 valence electrons. The first-order chi connectivity index (χ1) is 15.8. The first kappa shape index (κ1) is 23.9. The number of hydrogen-bond acceptors (Lipinski definition) is 7. The van der Waals surface area contributed by atoms with Crippen LogP contribution in [0.25, 0.3) is 0 Å². The van der Waals surface area contributed by atoms with Crippen LogP contribution in [0.3, 0.4) is 0 Å². The van der Waals surface area contributed by atoms with Gasteiger partial charge in [-0.3, -0.25) is 9.79 Å². The molecule has 1 fully saturated rings. The van der Waals surface area contributed by atoms with E-state index < -0.39 is 9.84 Å². The summed E-state index contributed by atoms with van der Waals surface area (Å²) >= 11 is 7.74. The lowest BCUT2D eigenvalue weighted by Crippen LogP contribution is -2.30. The quantitative estimate of drug-likeness (QED) is 0.531. The van der Waals surface area contributed by atoms with Crippen molar-refractivity contribution in [2.75, 3.05) is 41.4 Å². The second kappa shape index (κ2) is 10.4. The highest BCUT2D eigenvalue weighted by molar-refractivity contribution is 8.15. The van der Waals surface area contributed by atoms with Crippen LogP contribution in [0, 0.1) is 0 Å². The highest BCUT2D eigenvalue weighted by Crippen LogP contribution is 2.35. The Morgan fingerprint density at radius 2 is 2.00 bits per heavy atom. The van der Waals surface area contributed by atoms with Gasteiger partial charge in [-0.25, -0.2) is 8.42 Å². The number of thioether (sulfide) groups is 1. The summed E-state index contributed by atoms with van der Waals surface area (Å²) in [5.74, 6) is 0.0695. The van der Waals surface area contributed by atoms with Gasteiger partial charge in [-0.2, -0.15) is 0 Å². The fourth-order valence-corrected chi connectivity index (χ4v) is 7.81. The Kier molecular flexibility index (Phi) is 7.51. The maximum absolute atomic E-state index is 12.7. The van der Waals surface area contributed by atoms with E-state index in [-0.39, 0.29) is 28.7 Å². The molecule has 2 heterocycles. The van der Waals surface area contributed by atoms with Gasteiger partial charge in [0.25, 0.3) is 5.91 Å². The van der Waals surface area contributed by atoms with E-state index in [1.165, 1.54) is 17.4 Å². The molecular formula is C23H27ClN4O3S2. The lowest BCUT2D eigenvalue weighted by Gasteiger charge is -2.23. The van der Waals surface area contributed by atoms with Gasteiger partial charge in [-0.05, 0) is 43.7 Å². The molecule has 10 heteroatoms. The molecule has 1 saturated heterocycles. The number of halogens is 1. The molecule has 33 heavy (non-hydrogen) atoms. The fourth-order valence-electron chi connectivity index (χ4n) is 3.98. The SMILES string of the molecule is CCN(CCCNC(=O)c1ccc(Cl)c(NC2=NC3CS(=O)(=O)CC3S2)c1)c1ccccc1. The Morgan fingerprint density at radius 1 is 1.21 bits per heavy atom. The van der Waals surface area contributed by atoms with Crippen LogP contribution in [-0.2, 0) is 9.84 Å². The van der Waals surface area contributed by atoms with Crippen molar-refractivity contribution in [3.05, 3.63) is 59.1 Å². The third-order valence-corrected chi connectivity index (χ3v) is 9.15. The number of hydrogen-bond donors (Lipinski definition) is 2. The largest absolute Gasteiger partial charge is 0.372 e. The van der Waals surface area contributed by atoms with E-state index in [2.05, 4.69) is 39.6 Å². The van der Waals surface area contributed by atoms with Gasteiger partial charge in [0.2, 0.25) is 0 Å². The van der Waals surface area contributed by atoms with Crippen LogP contribution < -0.4 is 15.5 Å². The topological polar surface area (TPSA) is 90.9 Å². The number of rotatable bonds is 8. The van der Waals surface area contributed by atoms with Crippen LogP contribution in [0.2, 0.25) is 5.02 Å². The summed E-state index contributed by atoms with van der Waals surface area (Å²) in [6.45, 7) is 4.43. The summed E-state index contributed by atoms with van der Waals surface area (Å²) in [5.41, 5.74) is 2.26. The smallest absolute Gasteiger partial charge is 0.251 e. The first-order valence-corrected chi connectivity index (χ1v) is 14.0. The number of nitrogens with one attached hydrogen (secondary N) is 2. The van der Waals surface area contributed by atoms with Gasteiger partial charge < -0.3 is 15.5 Å². The summed E-state index contributed by atoms with van der Waals surface area (Å²) in [7, 11) is -3.00. The molecule has 2 aromatic carbocycles. The molecule has 0 aromatic heterocycles. The second-order valence-electron chi connectivity index (χ2n) is 8.08. The zero-order chi connectivity index (χ0) is 23.4. The van der Waals surface area contributed by atoms with E-state index in [1.54, 1.807) is 18.2 Å². The van der Waals surface area contributed by atoms with Gasteiger partial charge in [0, 0.05) is 36.1 Å². The molecule has 0 bridgehead atoms. The Morgan fingerprint density at radius 3 is 2.73 bits per heavy atom. The number of aliphatic imine (C=N–C) groups is 1. The van der Waals surface area contributed by atoms with Gasteiger partial charge in [0.15, 0.2) is 15.0 Å². The van der Waals surface area contributed by atoms with Gasteiger partial charge in [-0.1, -0.05) is 41.6 Å². The van der Waals surface area contributed by atoms with Gasteiger partial charge in [-0.15, -0.1) is 0 Å². The van der Waals surface area contributed by atoms with Crippen LogP contribution in [-0.4, -0.2) is 61.9 Å². The Hall–Kier alpha value is -2.23. The lowest BCUT2D eigenvalue weighted by atomic mass is 10.2. The molecule has 0 saturated carbocycles. The van der Waals surface area contributed by atoms with Crippen molar-refractivity contribution in [2.45, 2.75) is 24.6 Å². The summed E-state index contributed by atoms with van der Waals surface area (Å²) in [6, 6.07) is 15.1. The van der Waals surface area contributed by atoms with Gasteiger partial charge in [0.05, 0.1) is 28.3 Å². The molecule has 1 amide bonds. The zero-order valence-electron chi connectivity index (χ0n) is 18.3. The number of anilines is 2. The number of amidine groups is 1. The maximum Gasteiger partial charge on any atom is 0.251 e. The average molecular weight is 507 g/mol. The number of fused-ring (bicyclic) bond motifs is 1. The van der Waals surface area contributed by atoms with Crippen LogP contribution in [0.1, 0.15) is 23.7 Å². The summed E-state index contributed by atoms with van der Waals surface area (Å²) in [6.07, 6.45) is 0.826. The number of carbonyl (C=O) groups is 1. The van der Waals surface area contributed by atoms with E-state index >= 15 is 0 Å². The fraction of sp³-hybridized carbons (Fsp3) is 0.391. The van der Waals surface area contributed by atoms with Crippen molar-refractivity contribution < 1.29 is 13.2 Å². The van der Waals surface area contributed by atoms with E-state index in [4.69, 9.17) is 11.6 Å². The number of para-hydroxylation sites is 1. The second-order valence-corrected chi connectivity index (χ2v) is 11.9. The molecule has 0 aliphatic carbocycles. The minimum absolute atomic E-state index is 0.0543. The van der Waals surface area contributed by atoms with Crippen molar-refractivity contribution in [2.24, 2.45) is 4.99 Å². The highest BCUT2D eigenvalue weighted by atomic mass is 35.5. The summed E-state index contributed by atoms with van der Waals surface area (Å²) < 4.78 is 23.5. The zero-order valence-corrected chi connectivity index (χ0v) is 20.7. The summed E-state index contributed by atoms with van der Waals surface area (Å²) in [4.78, 5) is 19.4. The van der Waals surface area contributed by atoms with E-state index in [1.807, 2.05) is 18.2 Å². The Labute approximate surface area is 203 Å². The van der Waals surface area contributed by atoms with Crippen molar-refractivity contribution in [1.82, 2.24) is 5.32 Å². The Bertz CT molecular complexity index is 1140. The predicted molar refractivity (Wildman–Crippen MR) is 138 cm³/mol. The molecule has 7 nitrogen and oxygen atoms in total. The van der Waals surface area contributed by atoms with E-state index in [0.29, 0.717) is 28.0 Å². The van der Waals surface area contributed by atoms with Crippen molar-refractivity contribution in [3.63, 3.8) is 0 Å². The normalized spacial score (nSPS) is 20.7. The molecule has 2 unspecified atom stereocenters. The number of carbonyl (C=O) groups excluding carboxylic acids is 1. The van der Waals surface area contributed by atoms with Crippen LogP contribution in [0.4, 0.5) is 11.4 Å². The molecule has 2 N–H and O–H groups in total. The van der Waals surface area contributed by atoms with E-state index in [0.717, 1.165) is 19.5 Å². The molecule has 0 radical (unpaired) electrons. The minimum Gasteiger partial charge on any atom is -0.372 e. The molecule has 4 rings (SSSR count). The number of benzene rings is 2. The van der Waals surface area contributed by atoms with Crippen molar-refractivity contribution >= 4 is 55.6 Å². The molecule has 2 aliphatic heterocycles. The standard InChI is InChI=1S/C23H27ClN4O3S2/c1-2-28(17-7-4-3-5-8-17)12-6-11-25-22(29)16-9-10-18(24)19(13-16)26-23-27-20-14-33(30,31)15-21(20)32-23/h3-5,7-10,13,20-21H,2,6,11-12,14-15H2,1H3,(H,25,29)(H,26,27). The first-order valence-electron chi connectivity index (χ1n) is 10.9. The monoisotopic (exact) mass is 506 g/mol. The van der Waals surface area contributed by atoms with Crippen molar-refractivity contribution in [3.8, 4) is 0 Å². The molecule has 2 atom stereocenters. The summed E-state index contributed by atoms with van der Waals surface area (Å²) in [5, 5.41) is 7.20. The predicted octanol–water partition coefficient (Wildman–Crippen LogP) is 3.67. The highest BCUT2D eigenvalue weighted by Gasteiger charge is 2.42. The molecular weight excluding hydrogens is 480 g/mol. The van der Waals surface area contributed by atoms with Gasteiger partial charge in [0.1, 0.15) is 0 Å². The molecule has 0 spiro atoms. The number of sulfone groups is 1. The number of amides is 1. The minimum atomic E-state index is -3.00. The Balaban J connectivity index is 1.30. The van der Waals surface area contributed by atoms with Crippen molar-refractivity contribution in [1.29, 1.82) is 0 Å². The number of nitrogens with zero attached hydrogens (tertiary/aromatic N) is 2. The maximum atomic E-state index is 12.7. The van der Waals surface area contributed by atoms with E-state index in [9.17, 15) is 13.2 Å².